The molecular weight excluding hydrogens is 330 g/mol. The molecule has 1 atom stereocenters. The Kier molecular flexibility index (Phi) is 3.61. The van der Waals surface area contributed by atoms with Crippen LogP contribution in [0.5, 0.6) is 0 Å². The maximum Gasteiger partial charge on any atom is 0.311 e. The molecule has 2 saturated heterocycles. The van der Waals surface area contributed by atoms with Gasteiger partial charge in [0.15, 0.2) is 0 Å². The monoisotopic (exact) mass is 343 g/mol. The zero-order chi connectivity index (χ0) is 14.2. The summed E-state index contributed by atoms with van der Waals surface area (Å²) in [6, 6.07) is 0. The van der Waals surface area contributed by atoms with Crippen LogP contribution in [0.15, 0.2) is 16.9 Å². The Labute approximate surface area is 124 Å². The maximum atomic E-state index is 11.2. The Hall–Kier alpha value is -1.25. The number of aromatic nitrogens is 1. The molecule has 0 radical (unpaired) electrons. The van der Waals surface area contributed by atoms with Crippen LogP contribution in [0.3, 0.4) is 0 Å². The number of anilines is 1. The van der Waals surface area contributed by atoms with Crippen molar-refractivity contribution in [2.75, 3.05) is 37.8 Å². The number of nitrogens with zero attached hydrogens (tertiary/aromatic N) is 3. The highest BCUT2D eigenvalue weighted by atomic mass is 79.9. The fourth-order valence-corrected chi connectivity index (χ4v) is 3.30. The first-order valence-electron chi connectivity index (χ1n) is 6.36. The molecular formula is C12H14BrN3O4. The van der Waals surface area contributed by atoms with Crippen LogP contribution >= 0.6 is 15.9 Å². The van der Waals surface area contributed by atoms with Crippen molar-refractivity contribution < 1.29 is 14.4 Å². The van der Waals surface area contributed by atoms with Gasteiger partial charge in [0.1, 0.15) is 17.5 Å². The van der Waals surface area contributed by atoms with E-state index in [2.05, 4.69) is 20.9 Å². The predicted molar refractivity (Wildman–Crippen MR) is 74.9 cm³/mol. The van der Waals surface area contributed by atoms with E-state index in [4.69, 9.17) is 9.47 Å². The number of ether oxygens (including phenoxy) is 2. The lowest BCUT2D eigenvalue weighted by atomic mass is 10.0. The van der Waals surface area contributed by atoms with E-state index in [1.165, 1.54) is 6.20 Å². The quantitative estimate of drug-likeness (QED) is 0.601. The third kappa shape index (κ3) is 2.38. The lowest BCUT2D eigenvalue weighted by Crippen LogP contribution is -2.52. The zero-order valence-corrected chi connectivity index (χ0v) is 12.3. The molecule has 2 aliphatic rings. The van der Waals surface area contributed by atoms with E-state index in [0.29, 0.717) is 43.1 Å². The third-order valence-electron chi connectivity index (χ3n) is 3.68. The summed E-state index contributed by atoms with van der Waals surface area (Å²) in [4.78, 5) is 16.7. The molecule has 1 aromatic heterocycles. The van der Waals surface area contributed by atoms with Crippen LogP contribution in [0.25, 0.3) is 0 Å². The van der Waals surface area contributed by atoms with Gasteiger partial charge in [-0.15, -0.1) is 0 Å². The predicted octanol–water partition coefficient (Wildman–Crippen LogP) is 1.75. The summed E-state index contributed by atoms with van der Waals surface area (Å²) in [6.07, 6.45) is 3.68. The summed E-state index contributed by atoms with van der Waals surface area (Å²) in [5, 5.41) is 11.2. The van der Waals surface area contributed by atoms with Crippen molar-refractivity contribution in [3.63, 3.8) is 0 Å². The van der Waals surface area contributed by atoms with E-state index in [-0.39, 0.29) is 11.3 Å². The van der Waals surface area contributed by atoms with Crippen LogP contribution in [0.4, 0.5) is 11.4 Å². The smallest absolute Gasteiger partial charge is 0.311 e. The Bertz CT molecular complexity index is 533. The van der Waals surface area contributed by atoms with Crippen molar-refractivity contribution in [2.45, 2.75) is 12.0 Å². The molecule has 3 heterocycles. The number of hydrogen-bond donors (Lipinski definition) is 0. The highest BCUT2D eigenvalue weighted by Gasteiger charge is 2.42. The van der Waals surface area contributed by atoms with E-state index < -0.39 is 4.92 Å². The number of hydrogen-bond acceptors (Lipinski definition) is 6. The standard InChI is InChI=1S/C12H14BrN3O4/c13-9-5-14-6-10(16(17)18)11(9)15-2-4-20-12(7-15)1-3-19-8-12/h5-6H,1-4,7-8H2. The third-order valence-corrected chi connectivity index (χ3v) is 4.26. The highest BCUT2D eigenvalue weighted by molar-refractivity contribution is 9.10. The van der Waals surface area contributed by atoms with Crippen molar-refractivity contribution in [3.8, 4) is 0 Å². The molecule has 1 aromatic rings. The minimum atomic E-state index is -0.402. The van der Waals surface area contributed by atoms with Gasteiger partial charge in [0.2, 0.25) is 0 Å². The molecule has 0 saturated carbocycles. The molecule has 7 nitrogen and oxygen atoms in total. The van der Waals surface area contributed by atoms with Crippen molar-refractivity contribution >= 4 is 27.3 Å². The SMILES string of the molecule is O=[N+]([O-])c1cncc(Br)c1N1CCOC2(CCOC2)C1. The van der Waals surface area contributed by atoms with Crippen LogP contribution in [-0.4, -0.2) is 48.4 Å². The fraction of sp³-hybridized carbons (Fsp3) is 0.583. The Morgan fingerprint density at radius 1 is 1.45 bits per heavy atom. The summed E-state index contributed by atoms with van der Waals surface area (Å²) < 4.78 is 11.9. The lowest BCUT2D eigenvalue weighted by Gasteiger charge is -2.40. The van der Waals surface area contributed by atoms with Crippen molar-refractivity contribution in [1.29, 1.82) is 0 Å². The second kappa shape index (κ2) is 5.27. The number of rotatable bonds is 2. The number of nitro groups is 1. The first kappa shape index (κ1) is 13.7. The van der Waals surface area contributed by atoms with E-state index in [1.54, 1.807) is 6.20 Å². The molecule has 108 valence electrons. The van der Waals surface area contributed by atoms with E-state index in [0.717, 1.165) is 6.42 Å². The summed E-state index contributed by atoms with van der Waals surface area (Å²) in [7, 11) is 0. The molecule has 2 aliphatic heterocycles. The molecule has 1 unspecified atom stereocenters. The Balaban J connectivity index is 1.94. The molecule has 0 aromatic carbocycles. The van der Waals surface area contributed by atoms with Crippen LogP contribution in [-0.2, 0) is 9.47 Å². The average Bonchev–Trinajstić information content (AvgIpc) is 2.86. The second-order valence-electron chi connectivity index (χ2n) is 5.00. The topological polar surface area (TPSA) is 77.7 Å². The Morgan fingerprint density at radius 3 is 3.00 bits per heavy atom. The lowest BCUT2D eigenvalue weighted by molar-refractivity contribution is -0.384. The minimum absolute atomic E-state index is 0.00957. The molecule has 2 fully saturated rings. The largest absolute Gasteiger partial charge is 0.378 e. The summed E-state index contributed by atoms with van der Waals surface area (Å²) in [6.45, 7) is 2.96. The van der Waals surface area contributed by atoms with Gasteiger partial charge in [0.25, 0.3) is 0 Å². The molecule has 1 spiro atoms. The van der Waals surface area contributed by atoms with Gasteiger partial charge < -0.3 is 14.4 Å². The van der Waals surface area contributed by atoms with Crippen LogP contribution in [0.2, 0.25) is 0 Å². The van der Waals surface area contributed by atoms with Crippen molar-refractivity contribution in [2.24, 2.45) is 0 Å². The van der Waals surface area contributed by atoms with Crippen molar-refractivity contribution in [1.82, 2.24) is 4.98 Å². The highest BCUT2D eigenvalue weighted by Crippen LogP contribution is 2.38. The molecule has 0 amide bonds. The van der Waals surface area contributed by atoms with Gasteiger partial charge in [-0.2, -0.15) is 0 Å². The normalized spacial score (nSPS) is 26.1. The molecule has 0 N–H and O–H groups in total. The minimum Gasteiger partial charge on any atom is -0.378 e. The van der Waals surface area contributed by atoms with E-state index in [9.17, 15) is 10.1 Å². The average molecular weight is 344 g/mol. The second-order valence-corrected chi connectivity index (χ2v) is 5.86. The number of morpholine rings is 1. The van der Waals surface area contributed by atoms with Gasteiger partial charge in [-0.3, -0.25) is 15.1 Å². The summed E-state index contributed by atoms with van der Waals surface area (Å²) >= 11 is 3.37. The first-order chi connectivity index (χ1) is 9.61. The first-order valence-corrected chi connectivity index (χ1v) is 7.15. The summed E-state index contributed by atoms with van der Waals surface area (Å²) in [5.74, 6) is 0. The zero-order valence-electron chi connectivity index (χ0n) is 10.7. The van der Waals surface area contributed by atoms with Gasteiger partial charge in [-0.25, -0.2) is 0 Å². The van der Waals surface area contributed by atoms with Crippen LogP contribution in [0, 0.1) is 10.1 Å². The van der Waals surface area contributed by atoms with Gasteiger partial charge in [0.05, 0.1) is 22.6 Å². The molecule has 0 bridgehead atoms. The van der Waals surface area contributed by atoms with Gasteiger partial charge in [-0.1, -0.05) is 0 Å². The van der Waals surface area contributed by atoms with Crippen molar-refractivity contribution in [3.05, 3.63) is 27.0 Å². The van der Waals surface area contributed by atoms with Gasteiger partial charge in [0, 0.05) is 32.3 Å². The molecule has 3 rings (SSSR count). The van der Waals surface area contributed by atoms with Crippen LogP contribution in [0.1, 0.15) is 6.42 Å². The van der Waals surface area contributed by atoms with Crippen LogP contribution < -0.4 is 4.90 Å². The summed E-state index contributed by atoms with van der Waals surface area (Å²) in [5.41, 5.74) is 0.240. The van der Waals surface area contributed by atoms with Gasteiger partial charge >= 0.3 is 5.69 Å². The molecule has 0 aliphatic carbocycles. The van der Waals surface area contributed by atoms with Gasteiger partial charge in [-0.05, 0) is 15.9 Å². The maximum absolute atomic E-state index is 11.2. The molecule has 8 heteroatoms. The van der Waals surface area contributed by atoms with E-state index >= 15 is 0 Å². The number of halogens is 1. The Morgan fingerprint density at radius 2 is 2.30 bits per heavy atom. The van der Waals surface area contributed by atoms with E-state index in [1.807, 2.05) is 4.90 Å². The number of pyridine rings is 1. The molecule has 20 heavy (non-hydrogen) atoms. The fourth-order valence-electron chi connectivity index (χ4n) is 2.73.